The highest BCUT2D eigenvalue weighted by Gasteiger charge is 2.20. The fraction of sp³-hybridized carbons (Fsp3) is 0.417. The van der Waals surface area contributed by atoms with Crippen LogP contribution < -0.4 is 0 Å². The standard InChI is InChI=1S/C12H17NOS/c1-9(13(3)10(2)14)12(15)11-7-5-4-6-8-11/h4-9,12,15H,1-3H3. The smallest absolute Gasteiger partial charge is 0.219 e. The summed E-state index contributed by atoms with van der Waals surface area (Å²) in [6.45, 7) is 3.58. The average molecular weight is 223 g/mol. The van der Waals surface area contributed by atoms with E-state index in [1.165, 1.54) is 0 Å². The number of benzene rings is 1. The molecule has 3 heteroatoms. The molecule has 0 aromatic heterocycles. The maximum atomic E-state index is 11.2. The summed E-state index contributed by atoms with van der Waals surface area (Å²) in [6, 6.07) is 10.1. The molecule has 0 saturated heterocycles. The Morgan fingerprint density at radius 1 is 1.33 bits per heavy atom. The van der Waals surface area contributed by atoms with E-state index in [2.05, 4.69) is 12.6 Å². The fourth-order valence-electron chi connectivity index (χ4n) is 1.43. The lowest BCUT2D eigenvalue weighted by Crippen LogP contribution is -2.36. The summed E-state index contributed by atoms with van der Waals surface area (Å²) >= 11 is 4.55. The molecule has 0 spiro atoms. The summed E-state index contributed by atoms with van der Waals surface area (Å²) in [5.74, 6) is 0.0671. The van der Waals surface area contributed by atoms with Gasteiger partial charge in [0.15, 0.2) is 0 Å². The van der Waals surface area contributed by atoms with Gasteiger partial charge in [-0.05, 0) is 12.5 Å². The second-order valence-electron chi connectivity index (χ2n) is 3.73. The Morgan fingerprint density at radius 2 is 1.87 bits per heavy atom. The van der Waals surface area contributed by atoms with Crippen LogP contribution in [0.25, 0.3) is 0 Å². The predicted octanol–water partition coefficient (Wildman–Crippen LogP) is 2.52. The van der Waals surface area contributed by atoms with Crippen molar-refractivity contribution < 1.29 is 4.79 Å². The molecule has 0 heterocycles. The van der Waals surface area contributed by atoms with Gasteiger partial charge in [0.2, 0.25) is 5.91 Å². The average Bonchev–Trinajstić information content (AvgIpc) is 2.27. The van der Waals surface area contributed by atoms with Crippen LogP contribution in [0.15, 0.2) is 30.3 Å². The third-order valence-electron chi connectivity index (χ3n) is 2.71. The Morgan fingerprint density at radius 3 is 2.33 bits per heavy atom. The topological polar surface area (TPSA) is 20.3 Å². The van der Waals surface area contributed by atoms with Crippen LogP contribution in [0, 0.1) is 0 Å². The zero-order valence-corrected chi connectivity index (χ0v) is 10.2. The van der Waals surface area contributed by atoms with Crippen molar-refractivity contribution >= 4 is 18.5 Å². The summed E-state index contributed by atoms with van der Waals surface area (Å²) in [5, 5.41) is 0.0556. The summed E-state index contributed by atoms with van der Waals surface area (Å²) in [4.78, 5) is 12.9. The number of amides is 1. The molecule has 2 atom stereocenters. The molecule has 0 fully saturated rings. The Hall–Kier alpha value is -0.960. The van der Waals surface area contributed by atoms with Gasteiger partial charge in [0.1, 0.15) is 0 Å². The Bertz CT molecular complexity index is 326. The molecular weight excluding hydrogens is 206 g/mol. The van der Waals surface area contributed by atoms with Gasteiger partial charge in [-0.3, -0.25) is 4.79 Å². The van der Waals surface area contributed by atoms with Crippen LogP contribution in [-0.4, -0.2) is 23.9 Å². The van der Waals surface area contributed by atoms with E-state index < -0.39 is 0 Å². The van der Waals surface area contributed by atoms with Gasteiger partial charge in [-0.1, -0.05) is 30.3 Å². The molecule has 0 N–H and O–H groups in total. The molecule has 1 aromatic carbocycles. The number of carbonyl (C=O) groups excluding carboxylic acids is 1. The Labute approximate surface area is 96.7 Å². The van der Waals surface area contributed by atoms with E-state index in [-0.39, 0.29) is 17.2 Å². The molecule has 1 amide bonds. The minimum Gasteiger partial charge on any atom is -0.342 e. The van der Waals surface area contributed by atoms with Crippen LogP contribution in [0.4, 0.5) is 0 Å². The van der Waals surface area contributed by atoms with Crippen LogP contribution >= 0.6 is 12.6 Å². The minimum absolute atomic E-state index is 0.0556. The molecule has 2 nitrogen and oxygen atoms in total. The van der Waals surface area contributed by atoms with Crippen LogP contribution in [0.2, 0.25) is 0 Å². The lowest BCUT2D eigenvalue weighted by Gasteiger charge is -2.28. The van der Waals surface area contributed by atoms with Gasteiger partial charge in [0, 0.05) is 25.3 Å². The van der Waals surface area contributed by atoms with E-state index in [9.17, 15) is 4.79 Å². The second-order valence-corrected chi connectivity index (χ2v) is 4.28. The predicted molar refractivity (Wildman–Crippen MR) is 66.1 cm³/mol. The molecule has 0 aliphatic heterocycles. The van der Waals surface area contributed by atoms with Crippen molar-refractivity contribution in [3.63, 3.8) is 0 Å². The highest BCUT2D eigenvalue weighted by Crippen LogP contribution is 2.26. The van der Waals surface area contributed by atoms with E-state index in [1.807, 2.05) is 37.3 Å². The number of carbonyl (C=O) groups is 1. The first-order valence-corrected chi connectivity index (χ1v) is 5.52. The second kappa shape index (κ2) is 5.21. The Kier molecular flexibility index (Phi) is 4.21. The number of hydrogen-bond acceptors (Lipinski definition) is 2. The maximum Gasteiger partial charge on any atom is 0.219 e. The molecule has 0 bridgehead atoms. The van der Waals surface area contributed by atoms with E-state index in [0.717, 1.165) is 5.56 Å². The lowest BCUT2D eigenvalue weighted by atomic mass is 10.1. The van der Waals surface area contributed by atoms with Gasteiger partial charge in [0.25, 0.3) is 0 Å². The third kappa shape index (κ3) is 2.99. The third-order valence-corrected chi connectivity index (χ3v) is 3.44. The van der Waals surface area contributed by atoms with E-state index >= 15 is 0 Å². The van der Waals surface area contributed by atoms with Gasteiger partial charge in [-0.2, -0.15) is 12.6 Å². The molecule has 0 radical (unpaired) electrons. The number of rotatable bonds is 3. The van der Waals surface area contributed by atoms with Crippen LogP contribution in [0.1, 0.15) is 24.7 Å². The van der Waals surface area contributed by atoms with Crippen LogP contribution in [0.3, 0.4) is 0 Å². The van der Waals surface area contributed by atoms with Crippen molar-refractivity contribution in [2.45, 2.75) is 25.1 Å². The van der Waals surface area contributed by atoms with E-state index in [1.54, 1.807) is 18.9 Å². The number of likely N-dealkylation sites (N-methyl/N-ethyl adjacent to an activating group) is 1. The molecular formula is C12H17NOS. The first-order chi connectivity index (χ1) is 7.04. The first-order valence-electron chi connectivity index (χ1n) is 5.00. The molecule has 82 valence electrons. The van der Waals surface area contributed by atoms with Crippen molar-refractivity contribution in [2.24, 2.45) is 0 Å². The zero-order valence-electron chi connectivity index (χ0n) is 9.34. The molecule has 0 aliphatic carbocycles. The summed E-state index contributed by atoms with van der Waals surface area (Å²) in [5.41, 5.74) is 1.14. The number of nitrogens with zero attached hydrogens (tertiary/aromatic N) is 1. The van der Waals surface area contributed by atoms with E-state index in [4.69, 9.17) is 0 Å². The SMILES string of the molecule is CC(=O)N(C)C(C)C(S)c1ccccc1. The molecule has 0 aliphatic rings. The van der Waals surface area contributed by atoms with Crippen molar-refractivity contribution in [2.75, 3.05) is 7.05 Å². The van der Waals surface area contributed by atoms with Gasteiger partial charge in [-0.25, -0.2) is 0 Å². The van der Waals surface area contributed by atoms with Crippen molar-refractivity contribution in [1.82, 2.24) is 4.90 Å². The largest absolute Gasteiger partial charge is 0.342 e. The summed E-state index contributed by atoms with van der Waals surface area (Å²) < 4.78 is 0. The monoisotopic (exact) mass is 223 g/mol. The number of thiol groups is 1. The molecule has 2 unspecified atom stereocenters. The van der Waals surface area contributed by atoms with Gasteiger partial charge < -0.3 is 4.90 Å². The molecule has 15 heavy (non-hydrogen) atoms. The fourth-order valence-corrected chi connectivity index (χ4v) is 1.80. The van der Waals surface area contributed by atoms with Crippen molar-refractivity contribution in [3.05, 3.63) is 35.9 Å². The summed E-state index contributed by atoms with van der Waals surface area (Å²) in [7, 11) is 1.80. The van der Waals surface area contributed by atoms with Crippen molar-refractivity contribution in [1.29, 1.82) is 0 Å². The van der Waals surface area contributed by atoms with Gasteiger partial charge in [0.05, 0.1) is 0 Å². The Balaban J connectivity index is 2.77. The highest BCUT2D eigenvalue weighted by atomic mass is 32.1. The van der Waals surface area contributed by atoms with Crippen molar-refractivity contribution in [3.8, 4) is 0 Å². The highest BCUT2D eigenvalue weighted by molar-refractivity contribution is 7.80. The lowest BCUT2D eigenvalue weighted by molar-refractivity contribution is -0.129. The quantitative estimate of drug-likeness (QED) is 0.781. The van der Waals surface area contributed by atoms with E-state index in [0.29, 0.717) is 0 Å². The normalized spacial score (nSPS) is 14.4. The van der Waals surface area contributed by atoms with Crippen LogP contribution in [0.5, 0.6) is 0 Å². The van der Waals surface area contributed by atoms with Gasteiger partial charge >= 0.3 is 0 Å². The van der Waals surface area contributed by atoms with Crippen LogP contribution in [-0.2, 0) is 4.79 Å². The maximum absolute atomic E-state index is 11.2. The number of hydrogen-bond donors (Lipinski definition) is 1. The summed E-state index contributed by atoms with van der Waals surface area (Å²) in [6.07, 6.45) is 0. The zero-order chi connectivity index (χ0) is 11.4. The minimum atomic E-state index is 0.0556. The molecule has 0 saturated carbocycles. The van der Waals surface area contributed by atoms with Gasteiger partial charge in [-0.15, -0.1) is 0 Å². The first kappa shape index (κ1) is 12.1. The molecule has 1 rings (SSSR count). The molecule has 1 aromatic rings.